The highest BCUT2D eigenvalue weighted by molar-refractivity contribution is 5.93. The zero-order valence-corrected chi connectivity index (χ0v) is 14.3. The Balaban J connectivity index is 1.67. The maximum absolute atomic E-state index is 12.3. The van der Waals surface area contributed by atoms with Crippen molar-refractivity contribution < 1.29 is 19.4 Å². The number of ether oxygens (including phenoxy) is 1. The summed E-state index contributed by atoms with van der Waals surface area (Å²) in [6.45, 7) is 1.81. The molecule has 1 aliphatic rings. The van der Waals surface area contributed by atoms with Crippen LogP contribution in [0.5, 0.6) is 0 Å². The summed E-state index contributed by atoms with van der Waals surface area (Å²) in [6, 6.07) is 10.8. The van der Waals surface area contributed by atoms with Gasteiger partial charge in [0.15, 0.2) is 0 Å². The highest BCUT2D eigenvalue weighted by Gasteiger charge is 2.21. The lowest BCUT2D eigenvalue weighted by atomic mass is 10.0. The Morgan fingerprint density at radius 1 is 1.16 bits per heavy atom. The van der Waals surface area contributed by atoms with Crippen molar-refractivity contribution in [1.29, 1.82) is 0 Å². The van der Waals surface area contributed by atoms with Gasteiger partial charge in [0.2, 0.25) is 5.91 Å². The summed E-state index contributed by atoms with van der Waals surface area (Å²) in [5, 5.41) is 11.9. The van der Waals surface area contributed by atoms with Crippen molar-refractivity contribution in [2.45, 2.75) is 32.3 Å². The number of aryl methyl sites for hydroxylation is 1. The molecule has 0 heterocycles. The number of aromatic carboxylic acids is 1. The number of anilines is 1. The quantitative estimate of drug-likeness (QED) is 0.878. The van der Waals surface area contributed by atoms with Gasteiger partial charge in [-0.2, -0.15) is 0 Å². The molecular formula is C20H21NO4. The summed E-state index contributed by atoms with van der Waals surface area (Å²) in [5.41, 5.74) is 5.11. The first-order chi connectivity index (χ1) is 12.0. The Labute approximate surface area is 146 Å². The molecule has 3 rings (SSSR count). The van der Waals surface area contributed by atoms with Crippen molar-refractivity contribution in [2.24, 2.45) is 0 Å². The first-order valence-electron chi connectivity index (χ1n) is 8.23. The number of carbonyl (C=O) groups is 2. The Kier molecular flexibility index (Phi) is 4.86. The van der Waals surface area contributed by atoms with E-state index in [2.05, 4.69) is 5.32 Å². The van der Waals surface area contributed by atoms with Crippen LogP contribution in [0.15, 0.2) is 36.4 Å². The number of benzene rings is 2. The Morgan fingerprint density at radius 3 is 2.60 bits per heavy atom. The average Bonchev–Trinajstić information content (AvgIpc) is 2.99. The number of fused-ring (bicyclic) bond motifs is 1. The number of carbonyl (C=O) groups excluding carboxylic acids is 1. The predicted molar refractivity (Wildman–Crippen MR) is 95.1 cm³/mol. The Hall–Kier alpha value is -2.66. The minimum atomic E-state index is -0.966. The number of hydrogen-bond donors (Lipinski definition) is 2. The number of methoxy groups -OCH3 is 1. The van der Waals surface area contributed by atoms with Gasteiger partial charge >= 0.3 is 5.97 Å². The van der Waals surface area contributed by atoms with Crippen molar-refractivity contribution in [3.8, 4) is 0 Å². The molecule has 0 saturated carbocycles. The van der Waals surface area contributed by atoms with Gasteiger partial charge in [0.05, 0.1) is 18.1 Å². The van der Waals surface area contributed by atoms with Gasteiger partial charge in [-0.15, -0.1) is 0 Å². The lowest BCUT2D eigenvalue weighted by Gasteiger charge is -2.09. The van der Waals surface area contributed by atoms with Crippen LogP contribution >= 0.6 is 0 Å². The van der Waals surface area contributed by atoms with E-state index in [0.717, 1.165) is 29.7 Å². The molecule has 1 unspecified atom stereocenters. The molecule has 5 heteroatoms. The minimum absolute atomic E-state index is 0.118. The van der Waals surface area contributed by atoms with Gasteiger partial charge in [-0.1, -0.05) is 12.1 Å². The van der Waals surface area contributed by atoms with E-state index in [1.807, 2.05) is 25.1 Å². The second-order valence-electron chi connectivity index (χ2n) is 6.42. The van der Waals surface area contributed by atoms with E-state index < -0.39 is 5.97 Å². The maximum atomic E-state index is 12.3. The molecule has 0 saturated heterocycles. The summed E-state index contributed by atoms with van der Waals surface area (Å²) < 4.78 is 5.40. The van der Waals surface area contributed by atoms with E-state index >= 15 is 0 Å². The first-order valence-corrected chi connectivity index (χ1v) is 8.23. The van der Waals surface area contributed by atoms with Crippen LogP contribution in [0.2, 0.25) is 0 Å². The molecule has 1 atom stereocenters. The summed E-state index contributed by atoms with van der Waals surface area (Å²) in [6.07, 6.45) is 2.21. The Bertz CT molecular complexity index is 828. The number of carboxylic acid groups (broad SMARTS) is 1. The second-order valence-corrected chi connectivity index (χ2v) is 6.42. The normalized spacial score (nSPS) is 15.7. The van der Waals surface area contributed by atoms with Crippen LogP contribution in [-0.4, -0.2) is 30.2 Å². The van der Waals surface area contributed by atoms with Crippen molar-refractivity contribution in [3.05, 3.63) is 64.2 Å². The second kappa shape index (κ2) is 7.07. The van der Waals surface area contributed by atoms with Gasteiger partial charge in [0.1, 0.15) is 0 Å². The van der Waals surface area contributed by atoms with E-state index in [9.17, 15) is 9.59 Å². The summed E-state index contributed by atoms with van der Waals surface area (Å²) >= 11 is 0. The molecule has 0 spiro atoms. The molecule has 130 valence electrons. The van der Waals surface area contributed by atoms with Crippen molar-refractivity contribution in [3.63, 3.8) is 0 Å². The molecular weight excluding hydrogens is 318 g/mol. The van der Waals surface area contributed by atoms with Crippen LogP contribution in [0.4, 0.5) is 5.69 Å². The molecule has 0 aromatic heterocycles. The number of hydrogen-bond acceptors (Lipinski definition) is 3. The zero-order valence-electron chi connectivity index (χ0n) is 14.3. The van der Waals surface area contributed by atoms with E-state index in [-0.39, 0.29) is 24.0 Å². The van der Waals surface area contributed by atoms with Gasteiger partial charge in [-0.25, -0.2) is 4.79 Å². The lowest BCUT2D eigenvalue weighted by Crippen LogP contribution is -2.15. The summed E-state index contributed by atoms with van der Waals surface area (Å²) in [4.78, 5) is 23.3. The SMILES string of the molecule is COC1Cc2ccc(NC(=O)Cc3ccc(C(=O)O)cc3C)cc2C1. The predicted octanol–water partition coefficient (Wildman–Crippen LogP) is 2.99. The highest BCUT2D eigenvalue weighted by atomic mass is 16.5. The fourth-order valence-corrected chi connectivity index (χ4v) is 3.23. The smallest absolute Gasteiger partial charge is 0.335 e. The van der Waals surface area contributed by atoms with E-state index in [1.165, 1.54) is 17.2 Å². The molecule has 0 bridgehead atoms. The maximum Gasteiger partial charge on any atom is 0.335 e. The molecule has 2 aromatic rings. The van der Waals surface area contributed by atoms with Gasteiger partial charge in [0, 0.05) is 12.8 Å². The standard InChI is InChI=1S/C20H21NO4/c1-12-7-15(20(23)24)4-3-13(12)11-19(22)21-17-6-5-14-9-18(25-2)10-16(14)8-17/h3-8,18H,9-11H2,1-2H3,(H,21,22)(H,23,24). The zero-order chi connectivity index (χ0) is 18.0. The monoisotopic (exact) mass is 339 g/mol. The number of amides is 1. The van der Waals surface area contributed by atoms with Gasteiger partial charge in [0.25, 0.3) is 0 Å². The first kappa shape index (κ1) is 17.2. The van der Waals surface area contributed by atoms with Gasteiger partial charge in [-0.05, 0) is 66.3 Å². The van der Waals surface area contributed by atoms with E-state index in [0.29, 0.717) is 0 Å². The number of rotatable bonds is 5. The number of carboxylic acids is 1. The minimum Gasteiger partial charge on any atom is -0.478 e. The van der Waals surface area contributed by atoms with Crippen molar-refractivity contribution in [1.82, 2.24) is 0 Å². The molecule has 25 heavy (non-hydrogen) atoms. The topological polar surface area (TPSA) is 75.6 Å². The average molecular weight is 339 g/mol. The van der Waals surface area contributed by atoms with Gasteiger partial charge < -0.3 is 15.2 Å². The van der Waals surface area contributed by atoms with E-state index in [4.69, 9.17) is 9.84 Å². The molecule has 5 nitrogen and oxygen atoms in total. The number of nitrogens with one attached hydrogen (secondary N) is 1. The Morgan fingerprint density at radius 2 is 1.92 bits per heavy atom. The third-order valence-corrected chi connectivity index (χ3v) is 4.66. The molecule has 0 radical (unpaired) electrons. The molecule has 0 aliphatic heterocycles. The highest BCUT2D eigenvalue weighted by Crippen LogP contribution is 2.26. The van der Waals surface area contributed by atoms with Crippen LogP contribution in [-0.2, 0) is 28.8 Å². The van der Waals surface area contributed by atoms with Gasteiger partial charge in [-0.3, -0.25) is 4.79 Å². The van der Waals surface area contributed by atoms with Crippen LogP contribution in [0.3, 0.4) is 0 Å². The third-order valence-electron chi connectivity index (χ3n) is 4.66. The summed E-state index contributed by atoms with van der Waals surface area (Å²) in [5.74, 6) is -1.08. The largest absolute Gasteiger partial charge is 0.478 e. The fraction of sp³-hybridized carbons (Fsp3) is 0.300. The molecule has 0 fully saturated rings. The van der Waals surface area contributed by atoms with Crippen LogP contribution in [0, 0.1) is 6.92 Å². The molecule has 1 aliphatic carbocycles. The van der Waals surface area contributed by atoms with Crippen LogP contribution < -0.4 is 5.32 Å². The van der Waals surface area contributed by atoms with E-state index in [1.54, 1.807) is 19.2 Å². The fourth-order valence-electron chi connectivity index (χ4n) is 3.23. The van der Waals surface area contributed by atoms with Crippen LogP contribution in [0.25, 0.3) is 0 Å². The molecule has 2 N–H and O–H groups in total. The summed E-state index contributed by atoms with van der Waals surface area (Å²) in [7, 11) is 1.72. The van der Waals surface area contributed by atoms with Crippen LogP contribution in [0.1, 0.15) is 32.6 Å². The lowest BCUT2D eigenvalue weighted by molar-refractivity contribution is -0.115. The molecule has 2 aromatic carbocycles. The van der Waals surface area contributed by atoms with Crippen molar-refractivity contribution in [2.75, 3.05) is 12.4 Å². The third kappa shape index (κ3) is 3.88. The van der Waals surface area contributed by atoms with Crippen molar-refractivity contribution >= 4 is 17.6 Å². The molecule has 1 amide bonds.